The van der Waals surface area contributed by atoms with Gasteiger partial charge in [0.05, 0.1) is 17.6 Å². The average molecular weight is 434 g/mol. The summed E-state index contributed by atoms with van der Waals surface area (Å²) in [5, 5.41) is 1.94. The molecule has 31 heavy (non-hydrogen) atoms. The Morgan fingerprint density at radius 3 is 2.77 bits per heavy atom. The van der Waals surface area contributed by atoms with Crippen molar-refractivity contribution in [3.63, 3.8) is 0 Å². The van der Waals surface area contributed by atoms with Gasteiger partial charge in [0.1, 0.15) is 23.0 Å². The fraction of sp³-hybridized carbons (Fsp3) is 0.250. The molecule has 2 aliphatic rings. The van der Waals surface area contributed by atoms with Crippen molar-refractivity contribution in [2.45, 2.75) is 13.0 Å². The first-order valence-electron chi connectivity index (χ1n) is 10.3. The van der Waals surface area contributed by atoms with Crippen LogP contribution in [0.5, 0.6) is 17.2 Å². The fourth-order valence-electron chi connectivity index (χ4n) is 4.06. The van der Waals surface area contributed by atoms with Crippen LogP contribution in [-0.2, 0) is 0 Å². The smallest absolute Gasteiger partial charge is 0.264 e. The molecule has 5 rings (SSSR count). The number of hydrogen-bond acceptors (Lipinski definition) is 6. The summed E-state index contributed by atoms with van der Waals surface area (Å²) in [6, 6.07) is 17.4. The molecule has 1 atom stereocenters. The van der Waals surface area contributed by atoms with E-state index in [1.165, 1.54) is 11.3 Å². The summed E-state index contributed by atoms with van der Waals surface area (Å²) in [6.45, 7) is 4.11. The van der Waals surface area contributed by atoms with E-state index in [-0.39, 0.29) is 11.9 Å². The van der Waals surface area contributed by atoms with Gasteiger partial charge >= 0.3 is 0 Å². The summed E-state index contributed by atoms with van der Waals surface area (Å²) in [5.74, 6) is 3.16. The number of ether oxygens (including phenoxy) is 2. The summed E-state index contributed by atoms with van der Waals surface area (Å²) in [4.78, 5) is 22.9. The van der Waals surface area contributed by atoms with Crippen LogP contribution in [0.1, 0.15) is 22.2 Å². The zero-order valence-electron chi connectivity index (χ0n) is 17.4. The first-order valence-corrected chi connectivity index (χ1v) is 11.2. The van der Waals surface area contributed by atoms with Gasteiger partial charge in [0, 0.05) is 25.7 Å². The number of benzene rings is 2. The number of carbonyl (C=O) groups is 1. The largest absolute Gasteiger partial charge is 0.497 e. The van der Waals surface area contributed by atoms with E-state index < -0.39 is 0 Å². The Morgan fingerprint density at radius 2 is 2.00 bits per heavy atom. The third-order valence-corrected chi connectivity index (χ3v) is 6.52. The molecule has 3 heterocycles. The molecule has 1 amide bonds. The van der Waals surface area contributed by atoms with Crippen LogP contribution in [0.15, 0.2) is 65.0 Å². The highest BCUT2D eigenvalue weighted by molar-refractivity contribution is 7.12. The number of rotatable bonds is 2. The molecule has 0 bridgehead atoms. The van der Waals surface area contributed by atoms with Gasteiger partial charge in [-0.2, -0.15) is 0 Å². The molecule has 7 heteroatoms. The summed E-state index contributed by atoms with van der Waals surface area (Å²) >= 11 is 1.49. The second kappa shape index (κ2) is 8.07. The molecule has 0 radical (unpaired) electrons. The molecule has 0 saturated carbocycles. The highest BCUT2D eigenvalue weighted by atomic mass is 32.1. The van der Waals surface area contributed by atoms with Crippen molar-refractivity contribution in [2.75, 3.05) is 26.7 Å². The molecule has 2 aromatic carbocycles. The van der Waals surface area contributed by atoms with Crippen molar-refractivity contribution in [3.05, 3.63) is 70.4 Å². The quantitative estimate of drug-likeness (QED) is 0.583. The summed E-state index contributed by atoms with van der Waals surface area (Å²) < 4.78 is 11.7. The maximum atomic E-state index is 12.9. The number of hydrogen-bond donors (Lipinski definition) is 0. The summed E-state index contributed by atoms with van der Waals surface area (Å²) in [6.07, 6.45) is 0. The number of aliphatic imine (C=N–C) groups is 1. The van der Waals surface area contributed by atoms with E-state index in [0.717, 1.165) is 39.2 Å². The molecule has 0 spiro atoms. The Kier molecular flexibility index (Phi) is 5.11. The van der Waals surface area contributed by atoms with Crippen LogP contribution < -0.4 is 9.47 Å². The zero-order valence-corrected chi connectivity index (χ0v) is 18.3. The number of fused-ring (bicyclic) bond motifs is 2. The van der Waals surface area contributed by atoms with E-state index in [2.05, 4.69) is 11.8 Å². The van der Waals surface area contributed by atoms with E-state index in [4.69, 9.17) is 14.5 Å². The number of carbonyl (C=O) groups excluding carboxylic acids is 1. The molecule has 6 nitrogen and oxygen atoms in total. The lowest BCUT2D eigenvalue weighted by Crippen LogP contribution is -2.55. The second-order valence-electron chi connectivity index (χ2n) is 7.64. The van der Waals surface area contributed by atoms with Crippen LogP contribution in [-0.4, -0.2) is 54.3 Å². The highest BCUT2D eigenvalue weighted by Crippen LogP contribution is 2.39. The van der Waals surface area contributed by atoms with E-state index in [1.807, 2.05) is 64.9 Å². The van der Waals surface area contributed by atoms with Gasteiger partial charge < -0.3 is 19.3 Å². The topological polar surface area (TPSA) is 54.4 Å². The molecule has 1 aromatic heterocycles. The first kappa shape index (κ1) is 19.6. The Bertz CT molecular complexity index is 1140. The van der Waals surface area contributed by atoms with Crippen LogP contribution >= 0.6 is 11.3 Å². The number of methoxy groups -OCH3 is 1. The van der Waals surface area contributed by atoms with Gasteiger partial charge in [-0.05, 0) is 48.7 Å². The van der Waals surface area contributed by atoms with Crippen LogP contribution in [0.2, 0.25) is 0 Å². The van der Waals surface area contributed by atoms with Gasteiger partial charge in [0.15, 0.2) is 5.75 Å². The summed E-state index contributed by atoms with van der Waals surface area (Å²) in [5.41, 5.74) is 1.68. The minimum Gasteiger partial charge on any atom is -0.497 e. The zero-order chi connectivity index (χ0) is 21.4. The van der Waals surface area contributed by atoms with E-state index >= 15 is 0 Å². The van der Waals surface area contributed by atoms with Crippen molar-refractivity contribution in [1.82, 2.24) is 9.80 Å². The van der Waals surface area contributed by atoms with Gasteiger partial charge in [-0.1, -0.05) is 18.2 Å². The molecule has 158 valence electrons. The van der Waals surface area contributed by atoms with Crippen molar-refractivity contribution in [3.8, 4) is 17.2 Å². The highest BCUT2D eigenvalue weighted by Gasteiger charge is 2.32. The lowest BCUT2D eigenvalue weighted by molar-refractivity contribution is 0.0586. The molecule has 0 unspecified atom stereocenters. The maximum Gasteiger partial charge on any atom is 0.264 e. The van der Waals surface area contributed by atoms with E-state index in [9.17, 15) is 4.79 Å². The lowest BCUT2D eigenvalue weighted by atomic mass is 10.1. The van der Waals surface area contributed by atoms with Gasteiger partial charge in [0.25, 0.3) is 5.91 Å². The van der Waals surface area contributed by atoms with Crippen molar-refractivity contribution in [1.29, 1.82) is 0 Å². The van der Waals surface area contributed by atoms with Crippen LogP contribution in [0.4, 0.5) is 5.69 Å². The SMILES string of the molecule is COc1ccc2c(c1)C(N1CCN(C(=O)c3cccs3)[C@@H](C)C1)=Nc1ccccc1O2. The standard InChI is InChI=1S/C24H23N3O3S/c1-16-15-26(11-12-27(16)24(28)22-8-5-13-31-22)23-18-14-17(29-2)9-10-20(18)30-21-7-4-3-6-19(21)25-23/h3-10,13-14,16H,11-12,15H2,1-2H3/t16-/m0/s1. The molecular weight excluding hydrogens is 410 g/mol. The molecule has 1 fully saturated rings. The Balaban J connectivity index is 1.49. The third-order valence-electron chi connectivity index (χ3n) is 5.66. The predicted molar refractivity (Wildman–Crippen MR) is 122 cm³/mol. The normalized spacial score (nSPS) is 17.7. The fourth-order valence-corrected chi connectivity index (χ4v) is 4.74. The lowest BCUT2D eigenvalue weighted by Gasteiger charge is -2.41. The Labute approximate surface area is 185 Å². The van der Waals surface area contributed by atoms with Gasteiger partial charge in [-0.15, -0.1) is 11.3 Å². The van der Waals surface area contributed by atoms with Crippen molar-refractivity contribution in [2.24, 2.45) is 4.99 Å². The second-order valence-corrected chi connectivity index (χ2v) is 8.59. The van der Waals surface area contributed by atoms with Gasteiger partial charge in [-0.3, -0.25) is 4.79 Å². The van der Waals surface area contributed by atoms with Crippen molar-refractivity contribution < 1.29 is 14.3 Å². The molecule has 1 saturated heterocycles. The number of amidine groups is 1. The van der Waals surface area contributed by atoms with E-state index in [0.29, 0.717) is 19.6 Å². The Morgan fingerprint density at radius 1 is 1.13 bits per heavy atom. The molecule has 0 N–H and O–H groups in total. The average Bonchev–Trinajstić information content (AvgIpc) is 3.28. The number of thiophene rings is 1. The maximum absolute atomic E-state index is 12.9. The molecule has 2 aliphatic heterocycles. The minimum absolute atomic E-state index is 0.0551. The first-order chi connectivity index (χ1) is 15.1. The third kappa shape index (κ3) is 3.65. The van der Waals surface area contributed by atoms with Crippen LogP contribution in [0, 0.1) is 0 Å². The monoisotopic (exact) mass is 433 g/mol. The van der Waals surface area contributed by atoms with Gasteiger partial charge in [-0.25, -0.2) is 4.99 Å². The number of piperazine rings is 1. The van der Waals surface area contributed by atoms with Crippen LogP contribution in [0.3, 0.4) is 0 Å². The summed E-state index contributed by atoms with van der Waals surface area (Å²) in [7, 11) is 1.65. The minimum atomic E-state index is 0.0551. The predicted octanol–water partition coefficient (Wildman–Crippen LogP) is 4.79. The van der Waals surface area contributed by atoms with Gasteiger partial charge in [0.2, 0.25) is 0 Å². The molecular formula is C24H23N3O3S. The molecule has 3 aromatic rings. The number of para-hydroxylation sites is 2. The number of nitrogens with zero attached hydrogens (tertiary/aromatic N) is 3. The molecule has 0 aliphatic carbocycles. The number of amides is 1. The Hall–Kier alpha value is -3.32. The van der Waals surface area contributed by atoms with Crippen LogP contribution in [0.25, 0.3) is 0 Å². The van der Waals surface area contributed by atoms with E-state index in [1.54, 1.807) is 7.11 Å². The van der Waals surface area contributed by atoms with Crippen molar-refractivity contribution >= 4 is 28.8 Å².